The summed E-state index contributed by atoms with van der Waals surface area (Å²) in [6, 6.07) is 10.6. The molecule has 0 amide bonds. The van der Waals surface area contributed by atoms with Crippen molar-refractivity contribution in [3.63, 3.8) is 0 Å². The lowest BCUT2D eigenvalue weighted by Gasteiger charge is -2.18. The van der Waals surface area contributed by atoms with Gasteiger partial charge in [0.1, 0.15) is 5.76 Å². The predicted molar refractivity (Wildman–Crippen MR) is 93.7 cm³/mol. The molecule has 1 heterocycles. The van der Waals surface area contributed by atoms with Gasteiger partial charge in [-0.05, 0) is 25.8 Å². The van der Waals surface area contributed by atoms with Crippen molar-refractivity contribution < 1.29 is 4.42 Å². The molecule has 1 aromatic heterocycles. The Labute approximate surface area is 138 Å². The second-order valence-corrected chi connectivity index (χ2v) is 5.57. The quantitative estimate of drug-likeness (QED) is 0.635. The highest BCUT2D eigenvalue weighted by atomic mass is 16.4. The molecule has 2 aromatic rings. The topological polar surface area (TPSA) is 62.5 Å². The van der Waals surface area contributed by atoms with E-state index < -0.39 is 0 Å². The molecule has 1 atom stereocenters. The summed E-state index contributed by atoms with van der Waals surface area (Å²) in [6.07, 6.45) is 1.08. The molecule has 124 valence electrons. The SMILES string of the molecule is CCC(CNC(=NC)NCc1nc(C)c(C)o1)c1ccccc1. The van der Waals surface area contributed by atoms with Gasteiger partial charge in [-0.15, -0.1) is 0 Å². The minimum atomic E-state index is 0.459. The molecule has 2 N–H and O–H groups in total. The molecule has 23 heavy (non-hydrogen) atoms. The van der Waals surface area contributed by atoms with Crippen molar-refractivity contribution in [3.8, 4) is 0 Å². The first kappa shape index (κ1) is 17.1. The molecule has 0 aliphatic rings. The van der Waals surface area contributed by atoms with E-state index in [1.165, 1.54) is 5.56 Å². The Hall–Kier alpha value is -2.30. The molecule has 0 radical (unpaired) electrons. The lowest BCUT2D eigenvalue weighted by molar-refractivity contribution is 0.463. The average Bonchev–Trinajstić information content (AvgIpc) is 2.90. The van der Waals surface area contributed by atoms with Gasteiger partial charge in [-0.1, -0.05) is 37.3 Å². The van der Waals surface area contributed by atoms with E-state index in [4.69, 9.17) is 4.42 Å². The zero-order chi connectivity index (χ0) is 16.7. The van der Waals surface area contributed by atoms with Gasteiger partial charge in [-0.25, -0.2) is 4.98 Å². The van der Waals surface area contributed by atoms with E-state index in [0.717, 1.165) is 30.4 Å². The fourth-order valence-electron chi connectivity index (χ4n) is 2.44. The van der Waals surface area contributed by atoms with Gasteiger partial charge in [0.15, 0.2) is 5.96 Å². The molecule has 0 aliphatic carbocycles. The molecule has 1 aromatic carbocycles. The Kier molecular flexibility index (Phi) is 6.20. The van der Waals surface area contributed by atoms with Crippen LogP contribution in [0.5, 0.6) is 0 Å². The first-order valence-corrected chi connectivity index (χ1v) is 8.06. The van der Waals surface area contributed by atoms with Crippen molar-refractivity contribution in [2.45, 2.75) is 39.7 Å². The second kappa shape index (κ2) is 8.36. The van der Waals surface area contributed by atoms with Crippen LogP contribution >= 0.6 is 0 Å². The molecule has 1 unspecified atom stereocenters. The largest absolute Gasteiger partial charge is 0.444 e. The van der Waals surface area contributed by atoms with Crippen molar-refractivity contribution >= 4 is 5.96 Å². The van der Waals surface area contributed by atoms with Gasteiger partial charge in [0.2, 0.25) is 5.89 Å². The van der Waals surface area contributed by atoms with Crippen LogP contribution in [0.15, 0.2) is 39.7 Å². The number of aryl methyl sites for hydroxylation is 2. The van der Waals surface area contributed by atoms with Crippen LogP contribution in [-0.4, -0.2) is 24.5 Å². The third-order valence-electron chi connectivity index (χ3n) is 3.98. The van der Waals surface area contributed by atoms with E-state index in [9.17, 15) is 0 Å². The zero-order valence-electron chi connectivity index (χ0n) is 14.4. The summed E-state index contributed by atoms with van der Waals surface area (Å²) in [6.45, 7) is 7.43. The summed E-state index contributed by atoms with van der Waals surface area (Å²) < 4.78 is 5.57. The van der Waals surface area contributed by atoms with Gasteiger partial charge in [-0.3, -0.25) is 4.99 Å². The van der Waals surface area contributed by atoms with E-state index in [1.54, 1.807) is 7.05 Å². The first-order valence-electron chi connectivity index (χ1n) is 8.06. The van der Waals surface area contributed by atoms with Crippen LogP contribution in [0, 0.1) is 13.8 Å². The first-order chi connectivity index (χ1) is 11.1. The van der Waals surface area contributed by atoms with Gasteiger partial charge in [-0.2, -0.15) is 0 Å². The fourth-order valence-corrected chi connectivity index (χ4v) is 2.44. The third-order valence-corrected chi connectivity index (χ3v) is 3.98. The molecule has 0 saturated heterocycles. The number of oxazole rings is 1. The van der Waals surface area contributed by atoms with E-state index >= 15 is 0 Å². The van der Waals surface area contributed by atoms with Crippen molar-refractivity contribution in [1.29, 1.82) is 0 Å². The Morgan fingerprint density at radius 2 is 1.96 bits per heavy atom. The third kappa shape index (κ3) is 4.84. The van der Waals surface area contributed by atoms with Crippen LogP contribution in [0.3, 0.4) is 0 Å². The lowest BCUT2D eigenvalue weighted by Crippen LogP contribution is -2.39. The van der Waals surface area contributed by atoms with Crippen LogP contribution < -0.4 is 10.6 Å². The van der Waals surface area contributed by atoms with E-state index in [0.29, 0.717) is 18.4 Å². The molecule has 5 nitrogen and oxygen atoms in total. The Morgan fingerprint density at radius 3 is 2.52 bits per heavy atom. The van der Waals surface area contributed by atoms with Crippen LogP contribution in [0.2, 0.25) is 0 Å². The number of nitrogens with one attached hydrogen (secondary N) is 2. The molecular formula is C18H26N4O. The molecule has 0 fully saturated rings. The zero-order valence-corrected chi connectivity index (χ0v) is 14.4. The summed E-state index contributed by atoms with van der Waals surface area (Å²) in [4.78, 5) is 8.62. The van der Waals surface area contributed by atoms with Crippen LogP contribution in [-0.2, 0) is 6.54 Å². The summed E-state index contributed by atoms with van der Waals surface area (Å²) in [7, 11) is 1.77. The molecule has 2 rings (SSSR count). The molecule has 0 spiro atoms. The van der Waals surface area contributed by atoms with Crippen molar-refractivity contribution in [1.82, 2.24) is 15.6 Å². The monoisotopic (exact) mass is 314 g/mol. The number of hydrogen-bond donors (Lipinski definition) is 2. The minimum absolute atomic E-state index is 0.459. The maximum Gasteiger partial charge on any atom is 0.214 e. The highest BCUT2D eigenvalue weighted by Crippen LogP contribution is 2.17. The summed E-state index contributed by atoms with van der Waals surface area (Å²) in [5, 5.41) is 6.62. The number of nitrogens with zero attached hydrogens (tertiary/aromatic N) is 2. The van der Waals surface area contributed by atoms with Crippen molar-refractivity contribution in [2.24, 2.45) is 4.99 Å². The lowest BCUT2D eigenvalue weighted by atomic mass is 9.97. The Balaban J connectivity index is 1.87. The van der Waals surface area contributed by atoms with Gasteiger partial charge < -0.3 is 15.1 Å². The van der Waals surface area contributed by atoms with E-state index in [-0.39, 0.29) is 0 Å². The predicted octanol–water partition coefficient (Wildman–Crippen LogP) is 3.15. The molecule has 0 saturated carbocycles. The fraction of sp³-hybridized carbons (Fsp3) is 0.444. The molecule has 5 heteroatoms. The standard InChI is InChI=1S/C18H26N4O/c1-5-15(16-9-7-6-8-10-16)11-20-18(19-4)21-12-17-22-13(2)14(3)23-17/h6-10,15H,5,11-12H2,1-4H3,(H2,19,20,21). The number of benzene rings is 1. The maximum absolute atomic E-state index is 5.57. The van der Waals surface area contributed by atoms with Crippen LogP contribution in [0.4, 0.5) is 0 Å². The van der Waals surface area contributed by atoms with E-state index in [1.807, 2.05) is 19.9 Å². The smallest absolute Gasteiger partial charge is 0.214 e. The van der Waals surface area contributed by atoms with Crippen LogP contribution in [0.25, 0.3) is 0 Å². The Bertz CT molecular complexity index is 614. The summed E-state index contributed by atoms with van der Waals surface area (Å²) in [5.74, 6) is 2.76. The minimum Gasteiger partial charge on any atom is -0.444 e. The number of hydrogen-bond acceptors (Lipinski definition) is 3. The van der Waals surface area contributed by atoms with Gasteiger partial charge in [0.05, 0.1) is 12.2 Å². The molecule has 0 aliphatic heterocycles. The highest BCUT2D eigenvalue weighted by Gasteiger charge is 2.10. The molecular weight excluding hydrogens is 288 g/mol. The van der Waals surface area contributed by atoms with Gasteiger partial charge >= 0.3 is 0 Å². The van der Waals surface area contributed by atoms with Crippen molar-refractivity contribution in [2.75, 3.05) is 13.6 Å². The molecule has 0 bridgehead atoms. The van der Waals surface area contributed by atoms with E-state index in [2.05, 4.69) is 51.8 Å². The number of aromatic nitrogens is 1. The summed E-state index contributed by atoms with van der Waals surface area (Å²) in [5.41, 5.74) is 2.27. The number of aliphatic imine (C=N–C) groups is 1. The Morgan fingerprint density at radius 1 is 1.22 bits per heavy atom. The second-order valence-electron chi connectivity index (χ2n) is 5.57. The van der Waals surface area contributed by atoms with Crippen molar-refractivity contribution in [3.05, 3.63) is 53.2 Å². The average molecular weight is 314 g/mol. The normalized spacial score (nSPS) is 13.0. The van der Waals surface area contributed by atoms with Gasteiger partial charge in [0.25, 0.3) is 0 Å². The summed E-state index contributed by atoms with van der Waals surface area (Å²) >= 11 is 0. The van der Waals surface area contributed by atoms with Crippen LogP contribution in [0.1, 0.15) is 42.2 Å². The highest BCUT2D eigenvalue weighted by molar-refractivity contribution is 5.79. The number of rotatable bonds is 6. The number of guanidine groups is 1. The maximum atomic E-state index is 5.57. The van der Waals surface area contributed by atoms with Gasteiger partial charge in [0, 0.05) is 19.5 Å².